The summed E-state index contributed by atoms with van der Waals surface area (Å²) in [7, 11) is 3.13. The second kappa shape index (κ2) is 8.10. The van der Waals surface area contributed by atoms with Crippen LogP contribution in [0.5, 0.6) is 5.75 Å². The number of rotatable bonds is 6. The number of hydrogen-bond donors (Lipinski definition) is 0. The average Bonchev–Trinajstić information content (AvgIpc) is 3.31. The molecule has 0 radical (unpaired) electrons. The van der Waals surface area contributed by atoms with Crippen LogP contribution in [0.15, 0.2) is 36.7 Å². The molecule has 3 heterocycles. The molecular formula is C23H22N6O3S. The summed E-state index contributed by atoms with van der Waals surface area (Å²) in [5, 5.41) is 15.2. The molecule has 168 valence electrons. The van der Waals surface area contributed by atoms with Crippen LogP contribution in [0, 0.1) is 11.3 Å². The van der Waals surface area contributed by atoms with Gasteiger partial charge in [0.2, 0.25) is 0 Å². The Kier molecular flexibility index (Phi) is 5.23. The smallest absolute Gasteiger partial charge is 0.259 e. The third-order valence-electron chi connectivity index (χ3n) is 6.33. The lowest BCUT2D eigenvalue weighted by molar-refractivity contribution is -0.123. The zero-order chi connectivity index (χ0) is 23.2. The predicted molar refractivity (Wildman–Crippen MR) is 126 cm³/mol. The summed E-state index contributed by atoms with van der Waals surface area (Å²) in [6.07, 6.45) is 5.84. The highest BCUT2D eigenvalue weighted by Crippen LogP contribution is 2.48. The Morgan fingerprint density at radius 2 is 2.06 bits per heavy atom. The maximum absolute atomic E-state index is 13.7. The minimum Gasteiger partial charge on any atom is -0.494 e. The highest BCUT2D eigenvalue weighted by molar-refractivity contribution is 7.81. The van der Waals surface area contributed by atoms with Crippen LogP contribution in [0.3, 0.4) is 0 Å². The fourth-order valence-corrected chi connectivity index (χ4v) is 4.98. The number of carbonyl (C=O) groups is 1. The van der Waals surface area contributed by atoms with Crippen LogP contribution in [0.25, 0.3) is 10.9 Å². The molecule has 0 atom stereocenters. The Hall–Kier alpha value is -3.55. The van der Waals surface area contributed by atoms with Crippen LogP contribution in [0.4, 0.5) is 11.4 Å². The third-order valence-corrected chi connectivity index (χ3v) is 6.70. The van der Waals surface area contributed by atoms with E-state index >= 15 is 0 Å². The molecule has 0 N–H and O–H groups in total. The number of pyridine rings is 1. The highest BCUT2D eigenvalue weighted by atomic mass is 32.1. The number of nitriles is 1. The quantitative estimate of drug-likeness (QED) is 0.516. The van der Waals surface area contributed by atoms with Crippen molar-refractivity contribution in [3.05, 3.63) is 42.4 Å². The van der Waals surface area contributed by atoms with Crippen LogP contribution in [0.2, 0.25) is 0 Å². The molecule has 3 aromatic rings. The van der Waals surface area contributed by atoms with Crippen LogP contribution in [0.1, 0.15) is 25.0 Å². The van der Waals surface area contributed by atoms with Gasteiger partial charge in [-0.05, 0) is 49.7 Å². The third kappa shape index (κ3) is 3.23. The van der Waals surface area contributed by atoms with Crippen molar-refractivity contribution < 1.29 is 14.3 Å². The van der Waals surface area contributed by atoms with E-state index in [4.69, 9.17) is 21.7 Å². The second-order valence-corrected chi connectivity index (χ2v) is 8.49. The standard InChI is InChI=1S/C23H22N6O3S/c1-31-9-8-27-14-15-10-16(4-5-18(15)26-27)29-22(33)28(21(30)23(29)6-3-7-23)17-11-20(32-2)19(12-24)25-13-17/h4-5,10-11,13-14H,3,6-9H2,1-2H3. The molecule has 9 nitrogen and oxygen atoms in total. The largest absolute Gasteiger partial charge is 0.494 e. The number of hydrogen-bond acceptors (Lipinski definition) is 7. The topological polar surface area (TPSA) is 96.5 Å². The maximum atomic E-state index is 13.7. The molecule has 0 unspecified atom stereocenters. The van der Waals surface area contributed by atoms with E-state index < -0.39 is 5.54 Å². The first-order valence-electron chi connectivity index (χ1n) is 10.6. The number of nitrogens with zero attached hydrogens (tertiary/aromatic N) is 6. The van der Waals surface area contributed by atoms with E-state index in [0.717, 1.165) is 23.0 Å². The van der Waals surface area contributed by atoms with E-state index in [1.807, 2.05) is 40.0 Å². The zero-order valence-electron chi connectivity index (χ0n) is 18.3. The van der Waals surface area contributed by atoms with Crippen molar-refractivity contribution in [1.82, 2.24) is 14.8 Å². The molecule has 1 spiro atoms. The Balaban J connectivity index is 1.55. The Labute approximate surface area is 196 Å². The van der Waals surface area contributed by atoms with Crippen molar-refractivity contribution in [2.75, 3.05) is 30.6 Å². The van der Waals surface area contributed by atoms with Gasteiger partial charge in [-0.2, -0.15) is 10.4 Å². The van der Waals surface area contributed by atoms with Gasteiger partial charge in [0.1, 0.15) is 11.6 Å². The van der Waals surface area contributed by atoms with Gasteiger partial charge in [0.25, 0.3) is 5.91 Å². The normalized spacial score (nSPS) is 17.0. The first-order valence-corrected chi connectivity index (χ1v) is 11.0. The lowest BCUT2D eigenvalue weighted by Crippen LogP contribution is -2.55. The van der Waals surface area contributed by atoms with Gasteiger partial charge in [0, 0.05) is 30.4 Å². The van der Waals surface area contributed by atoms with Crippen molar-refractivity contribution in [3.8, 4) is 11.8 Å². The fraction of sp³-hybridized carbons (Fsp3) is 0.348. The number of amides is 1. The highest BCUT2D eigenvalue weighted by Gasteiger charge is 2.59. The Morgan fingerprint density at radius 1 is 1.24 bits per heavy atom. The van der Waals surface area contributed by atoms with Gasteiger partial charge in [-0.3, -0.25) is 14.4 Å². The van der Waals surface area contributed by atoms with Gasteiger partial charge in [-0.25, -0.2) is 4.98 Å². The number of ether oxygens (including phenoxy) is 2. The number of methoxy groups -OCH3 is 2. The van der Waals surface area contributed by atoms with Gasteiger partial charge in [0.15, 0.2) is 16.6 Å². The number of fused-ring (bicyclic) bond motifs is 1. The monoisotopic (exact) mass is 462 g/mol. The van der Waals surface area contributed by atoms with Crippen molar-refractivity contribution >= 4 is 45.5 Å². The molecule has 1 aliphatic carbocycles. The van der Waals surface area contributed by atoms with Crippen molar-refractivity contribution in [2.24, 2.45) is 0 Å². The number of carbonyl (C=O) groups excluding carboxylic acids is 1. The van der Waals surface area contributed by atoms with E-state index in [0.29, 0.717) is 42.5 Å². The Bertz CT molecular complexity index is 1310. The minimum atomic E-state index is -0.710. The van der Waals surface area contributed by atoms with Crippen molar-refractivity contribution in [3.63, 3.8) is 0 Å². The van der Waals surface area contributed by atoms with E-state index in [1.165, 1.54) is 18.2 Å². The molecule has 1 aliphatic heterocycles. The lowest BCUT2D eigenvalue weighted by atomic mass is 9.75. The molecule has 1 saturated carbocycles. The van der Waals surface area contributed by atoms with Gasteiger partial charge < -0.3 is 14.4 Å². The summed E-state index contributed by atoms with van der Waals surface area (Å²) in [6.45, 7) is 1.23. The van der Waals surface area contributed by atoms with Crippen molar-refractivity contribution in [1.29, 1.82) is 5.26 Å². The molecule has 1 saturated heterocycles. The second-order valence-electron chi connectivity index (χ2n) is 8.13. The van der Waals surface area contributed by atoms with Gasteiger partial charge in [-0.1, -0.05) is 0 Å². The van der Waals surface area contributed by atoms with Crippen LogP contribution in [-0.4, -0.2) is 52.1 Å². The van der Waals surface area contributed by atoms with E-state index in [9.17, 15) is 10.1 Å². The summed E-state index contributed by atoms with van der Waals surface area (Å²) >= 11 is 5.84. The molecule has 10 heteroatoms. The van der Waals surface area contributed by atoms with Gasteiger partial charge in [-0.15, -0.1) is 0 Å². The van der Waals surface area contributed by atoms with Crippen LogP contribution >= 0.6 is 12.2 Å². The van der Waals surface area contributed by atoms with Gasteiger partial charge >= 0.3 is 0 Å². The number of aromatic nitrogens is 3. The Morgan fingerprint density at radius 3 is 2.73 bits per heavy atom. The molecule has 33 heavy (non-hydrogen) atoms. The summed E-state index contributed by atoms with van der Waals surface area (Å²) in [4.78, 5) is 21.3. The number of anilines is 2. The van der Waals surface area contributed by atoms with Crippen LogP contribution in [-0.2, 0) is 16.1 Å². The van der Waals surface area contributed by atoms with Crippen molar-refractivity contribution in [2.45, 2.75) is 31.3 Å². The lowest BCUT2D eigenvalue weighted by Gasteiger charge is -2.43. The summed E-state index contributed by atoms with van der Waals surface area (Å²) in [6, 6.07) is 9.55. The summed E-state index contributed by atoms with van der Waals surface area (Å²) < 4.78 is 12.3. The molecule has 2 fully saturated rings. The van der Waals surface area contributed by atoms with Gasteiger partial charge in [0.05, 0.1) is 37.7 Å². The van der Waals surface area contributed by atoms with E-state index in [-0.39, 0.29) is 11.6 Å². The number of benzene rings is 1. The molecule has 2 aliphatic rings. The van der Waals surface area contributed by atoms with Crippen LogP contribution < -0.4 is 14.5 Å². The molecule has 0 bridgehead atoms. The first-order chi connectivity index (χ1) is 16.0. The fourth-order valence-electron chi connectivity index (χ4n) is 4.51. The maximum Gasteiger partial charge on any atom is 0.259 e. The molecule has 2 aromatic heterocycles. The predicted octanol–water partition coefficient (Wildman–Crippen LogP) is 3.02. The molecule has 1 amide bonds. The minimum absolute atomic E-state index is 0.0804. The zero-order valence-corrected chi connectivity index (χ0v) is 19.1. The number of thiocarbonyl (C=S) groups is 1. The summed E-state index contributed by atoms with van der Waals surface area (Å²) in [5.74, 6) is 0.222. The van der Waals surface area contributed by atoms with E-state index in [2.05, 4.69) is 10.1 Å². The SMILES string of the molecule is COCCn1cc2cc(N3C(=S)N(c4cnc(C#N)c(OC)c4)C(=O)C34CCC4)ccc2n1. The first kappa shape index (κ1) is 21.3. The molecule has 1 aromatic carbocycles. The molecule has 5 rings (SSSR count). The van der Waals surface area contributed by atoms with E-state index in [1.54, 1.807) is 13.2 Å². The summed E-state index contributed by atoms with van der Waals surface area (Å²) in [5.41, 5.74) is 1.65. The average molecular weight is 463 g/mol. The molecular weight excluding hydrogens is 440 g/mol.